The van der Waals surface area contributed by atoms with Gasteiger partial charge in [-0.05, 0) is 13.0 Å². The minimum atomic E-state index is -2.23. The summed E-state index contributed by atoms with van der Waals surface area (Å²) in [4.78, 5) is 25.4. The van der Waals surface area contributed by atoms with E-state index in [0.717, 1.165) is 13.0 Å². The van der Waals surface area contributed by atoms with Gasteiger partial charge in [0.25, 0.3) is 0 Å². The van der Waals surface area contributed by atoms with Gasteiger partial charge in [-0.15, -0.1) is 0 Å². The van der Waals surface area contributed by atoms with Crippen LogP contribution >= 0.6 is 0 Å². The number of phenolic OH excluding ortho intramolecular Hbond substituents is 1. The summed E-state index contributed by atoms with van der Waals surface area (Å²) in [5.74, 6) is -2.15. The van der Waals surface area contributed by atoms with E-state index in [4.69, 9.17) is 4.74 Å². The smallest absolute Gasteiger partial charge is 0.196 e. The van der Waals surface area contributed by atoms with Crippen LogP contribution in [0.2, 0.25) is 0 Å². The van der Waals surface area contributed by atoms with Crippen molar-refractivity contribution in [3.63, 3.8) is 0 Å². The predicted molar refractivity (Wildman–Crippen MR) is 79.0 cm³/mol. The number of hydrogen-bond acceptors (Lipinski definition) is 8. The van der Waals surface area contributed by atoms with E-state index in [1.165, 1.54) is 13.2 Å². The Morgan fingerprint density at radius 3 is 2.29 bits per heavy atom. The number of rotatable bonds is 1. The maximum atomic E-state index is 12.7. The largest absolute Gasteiger partial charge is 0.507 e. The van der Waals surface area contributed by atoms with Gasteiger partial charge < -0.3 is 30.3 Å². The van der Waals surface area contributed by atoms with Crippen LogP contribution in [-0.4, -0.2) is 68.1 Å². The molecule has 0 bridgehead atoms. The molecule has 2 aliphatic carbocycles. The van der Waals surface area contributed by atoms with Crippen LogP contribution in [0.1, 0.15) is 27.6 Å². The van der Waals surface area contributed by atoms with Gasteiger partial charge in [-0.3, -0.25) is 9.59 Å². The summed E-state index contributed by atoms with van der Waals surface area (Å²) in [6.07, 6.45) is -5.65. The summed E-state index contributed by atoms with van der Waals surface area (Å²) in [6.45, 7) is 1.05. The van der Waals surface area contributed by atoms with Crippen LogP contribution in [-0.2, 0) is 0 Å². The zero-order valence-electron chi connectivity index (χ0n) is 12.8. The highest BCUT2D eigenvalue weighted by Crippen LogP contribution is 2.43. The van der Waals surface area contributed by atoms with Gasteiger partial charge in [-0.1, -0.05) is 0 Å². The average Bonchev–Trinajstić information content (AvgIpc) is 2.53. The summed E-state index contributed by atoms with van der Waals surface area (Å²) in [6, 6.07) is 2.35. The number of carbonyl (C=O) groups excluding carboxylic acids is 2. The first-order valence-electron chi connectivity index (χ1n) is 7.14. The lowest BCUT2D eigenvalue weighted by Crippen LogP contribution is -2.61. The van der Waals surface area contributed by atoms with Gasteiger partial charge in [0.05, 0.1) is 12.7 Å². The normalized spacial score (nSPS) is 32.5. The molecule has 0 spiro atoms. The Morgan fingerprint density at radius 2 is 1.71 bits per heavy atom. The first kappa shape index (κ1) is 16.6. The van der Waals surface area contributed by atoms with Gasteiger partial charge in [0.15, 0.2) is 11.6 Å². The van der Waals surface area contributed by atoms with Crippen LogP contribution in [0.4, 0.5) is 0 Å². The highest BCUT2D eigenvalue weighted by molar-refractivity contribution is 6.29. The number of fused-ring (bicyclic) bond motifs is 1. The van der Waals surface area contributed by atoms with Crippen LogP contribution in [0.3, 0.4) is 0 Å². The van der Waals surface area contributed by atoms with E-state index in [-0.39, 0.29) is 16.9 Å². The Labute approximate surface area is 136 Å². The fourth-order valence-corrected chi connectivity index (χ4v) is 3.16. The monoisotopic (exact) mass is 336 g/mol. The van der Waals surface area contributed by atoms with Gasteiger partial charge in [-0.25, -0.2) is 0 Å². The Morgan fingerprint density at radius 1 is 1.08 bits per heavy atom. The lowest BCUT2D eigenvalue weighted by Gasteiger charge is -2.43. The SMILES string of the molecule is COc1cc(O)c2c(c1)C(=O)C1=C(C2=O)[C@@H](O)[C@@H](O)[C@@](C)(O)C1O. The molecular weight excluding hydrogens is 320 g/mol. The Balaban J connectivity index is 2.29. The summed E-state index contributed by atoms with van der Waals surface area (Å²) >= 11 is 0. The maximum Gasteiger partial charge on any atom is 0.196 e. The van der Waals surface area contributed by atoms with E-state index in [1.807, 2.05) is 0 Å². The van der Waals surface area contributed by atoms with Crippen molar-refractivity contribution in [3.05, 3.63) is 34.4 Å². The fraction of sp³-hybridized carbons (Fsp3) is 0.375. The van der Waals surface area contributed by atoms with Crippen LogP contribution in [0, 0.1) is 0 Å². The standard InChI is InChI=1S/C16H16O8/c1-16(23)14(21)10-9(13(20)15(16)22)12(19)8-6(11(10)18)3-5(24-2)4-7(8)17/h3-4,13-15,17,20-23H,1-2H3/t13-,14?,15-,16+/m1/s1. The maximum absolute atomic E-state index is 12.7. The van der Waals surface area contributed by atoms with Crippen molar-refractivity contribution >= 4 is 11.6 Å². The summed E-state index contributed by atoms with van der Waals surface area (Å²) in [5.41, 5.74) is -3.82. The molecule has 0 amide bonds. The van der Waals surface area contributed by atoms with Crippen LogP contribution < -0.4 is 4.74 Å². The van der Waals surface area contributed by atoms with Gasteiger partial charge in [0.2, 0.25) is 0 Å². The lowest BCUT2D eigenvalue weighted by atomic mass is 9.68. The second-order valence-electron chi connectivity index (χ2n) is 6.07. The third kappa shape index (κ3) is 1.94. The molecule has 0 radical (unpaired) electrons. The van der Waals surface area contributed by atoms with Crippen molar-refractivity contribution in [1.29, 1.82) is 0 Å². The first-order chi connectivity index (χ1) is 11.1. The van der Waals surface area contributed by atoms with E-state index in [0.29, 0.717) is 0 Å². The molecular formula is C16H16O8. The van der Waals surface area contributed by atoms with Crippen LogP contribution in [0.5, 0.6) is 11.5 Å². The molecule has 0 saturated carbocycles. The number of methoxy groups -OCH3 is 1. The molecule has 1 unspecified atom stereocenters. The minimum Gasteiger partial charge on any atom is -0.507 e. The molecule has 24 heavy (non-hydrogen) atoms. The quantitative estimate of drug-likeness (QED) is 0.436. The molecule has 8 heteroatoms. The van der Waals surface area contributed by atoms with Crippen molar-refractivity contribution < 1.29 is 39.9 Å². The molecule has 0 heterocycles. The number of phenols is 1. The van der Waals surface area contributed by atoms with E-state index >= 15 is 0 Å². The number of hydrogen-bond donors (Lipinski definition) is 5. The average molecular weight is 336 g/mol. The summed E-state index contributed by atoms with van der Waals surface area (Å²) < 4.78 is 4.95. The molecule has 8 nitrogen and oxygen atoms in total. The van der Waals surface area contributed by atoms with Gasteiger partial charge in [-0.2, -0.15) is 0 Å². The van der Waals surface area contributed by atoms with Gasteiger partial charge in [0, 0.05) is 22.8 Å². The predicted octanol–water partition coefficient (Wildman–Crippen LogP) is -1.08. The van der Waals surface area contributed by atoms with Crippen LogP contribution in [0.25, 0.3) is 0 Å². The second-order valence-corrected chi connectivity index (χ2v) is 6.07. The zero-order valence-corrected chi connectivity index (χ0v) is 12.8. The molecule has 1 aromatic carbocycles. The molecule has 0 saturated heterocycles. The van der Waals surface area contributed by atoms with Gasteiger partial charge in [0.1, 0.15) is 35.4 Å². The van der Waals surface area contributed by atoms with E-state index in [1.54, 1.807) is 0 Å². The zero-order chi connectivity index (χ0) is 18.0. The molecule has 128 valence electrons. The third-order valence-corrected chi connectivity index (χ3v) is 4.60. The highest BCUT2D eigenvalue weighted by atomic mass is 16.5. The van der Waals surface area contributed by atoms with Crippen LogP contribution in [0.15, 0.2) is 23.3 Å². The number of aliphatic hydroxyl groups excluding tert-OH is 3. The number of aliphatic hydroxyl groups is 4. The molecule has 3 rings (SSSR count). The molecule has 0 aromatic heterocycles. The van der Waals surface area contributed by atoms with E-state index in [2.05, 4.69) is 0 Å². The number of ether oxygens (including phenoxy) is 1. The van der Waals surface area contributed by atoms with Gasteiger partial charge >= 0.3 is 0 Å². The highest BCUT2D eigenvalue weighted by Gasteiger charge is 2.55. The van der Waals surface area contributed by atoms with Crippen molar-refractivity contribution in [1.82, 2.24) is 0 Å². The van der Waals surface area contributed by atoms with Crippen molar-refractivity contribution in [3.8, 4) is 11.5 Å². The number of benzene rings is 1. The first-order valence-corrected chi connectivity index (χ1v) is 7.14. The van der Waals surface area contributed by atoms with E-state index in [9.17, 15) is 35.1 Å². The second kappa shape index (κ2) is 5.12. The Bertz CT molecular complexity index is 792. The molecule has 2 aliphatic rings. The van der Waals surface area contributed by atoms with Crippen molar-refractivity contribution in [2.45, 2.75) is 30.8 Å². The number of aromatic hydroxyl groups is 1. The van der Waals surface area contributed by atoms with E-state index < -0.39 is 52.4 Å². The summed E-state index contributed by atoms with van der Waals surface area (Å²) in [7, 11) is 1.31. The Hall–Kier alpha value is -2.26. The minimum absolute atomic E-state index is 0.120. The fourth-order valence-electron chi connectivity index (χ4n) is 3.16. The third-order valence-electron chi connectivity index (χ3n) is 4.60. The molecule has 0 aliphatic heterocycles. The summed E-state index contributed by atoms with van der Waals surface area (Å²) in [5, 5.41) is 50.7. The molecule has 5 N–H and O–H groups in total. The number of Topliss-reactive ketones (excluding diaryl/α,β-unsaturated/α-hetero) is 2. The Kier molecular flexibility index (Phi) is 3.54. The number of carbonyl (C=O) groups is 2. The lowest BCUT2D eigenvalue weighted by molar-refractivity contribution is -0.158. The van der Waals surface area contributed by atoms with Crippen molar-refractivity contribution in [2.24, 2.45) is 0 Å². The number of ketones is 2. The molecule has 1 aromatic rings. The van der Waals surface area contributed by atoms with Crippen molar-refractivity contribution in [2.75, 3.05) is 7.11 Å². The molecule has 0 fully saturated rings. The topological polar surface area (TPSA) is 145 Å². The molecule has 4 atom stereocenters.